The first-order chi connectivity index (χ1) is 13.1. The maximum Gasteiger partial charge on any atom is 0.219 e. The minimum absolute atomic E-state index is 0.00934. The zero-order valence-electron chi connectivity index (χ0n) is 15.3. The van der Waals surface area contributed by atoms with Gasteiger partial charge in [0.2, 0.25) is 5.91 Å². The van der Waals surface area contributed by atoms with E-state index >= 15 is 0 Å². The minimum atomic E-state index is -0.00934. The van der Waals surface area contributed by atoms with Crippen molar-refractivity contribution in [2.24, 2.45) is 0 Å². The van der Waals surface area contributed by atoms with Gasteiger partial charge in [-0.05, 0) is 42.8 Å². The Bertz CT molecular complexity index is 954. The van der Waals surface area contributed by atoms with E-state index in [1.165, 1.54) is 6.33 Å². The number of hydrogen-bond acceptors (Lipinski definition) is 6. The van der Waals surface area contributed by atoms with Gasteiger partial charge < -0.3 is 20.5 Å². The van der Waals surface area contributed by atoms with Gasteiger partial charge in [-0.3, -0.25) is 4.79 Å². The van der Waals surface area contributed by atoms with Crippen LogP contribution in [0.25, 0.3) is 10.9 Å². The molecule has 0 aliphatic heterocycles. The van der Waals surface area contributed by atoms with Crippen molar-refractivity contribution in [2.45, 2.75) is 20.3 Å². The number of fused-ring (bicyclic) bond motifs is 1. The molecule has 3 rings (SSSR count). The van der Waals surface area contributed by atoms with Crippen molar-refractivity contribution < 1.29 is 14.6 Å². The lowest BCUT2D eigenvalue weighted by Crippen LogP contribution is -2.27. The number of phenols is 1. The van der Waals surface area contributed by atoms with Crippen LogP contribution in [0.4, 0.5) is 11.5 Å². The first kappa shape index (κ1) is 18.4. The van der Waals surface area contributed by atoms with E-state index in [1.807, 2.05) is 31.2 Å². The zero-order valence-corrected chi connectivity index (χ0v) is 15.3. The number of nitrogens with one attached hydrogen (secondary N) is 2. The van der Waals surface area contributed by atoms with Gasteiger partial charge in [0.25, 0.3) is 0 Å². The molecule has 0 saturated carbocycles. The molecule has 7 nitrogen and oxygen atoms in total. The average molecular weight is 366 g/mol. The molecule has 7 heteroatoms. The van der Waals surface area contributed by atoms with E-state index in [1.54, 1.807) is 19.1 Å². The molecule has 0 spiro atoms. The first-order valence-electron chi connectivity index (χ1n) is 8.78. The highest BCUT2D eigenvalue weighted by Crippen LogP contribution is 2.32. The number of ether oxygens (including phenoxy) is 1. The number of hydrogen-bond donors (Lipinski definition) is 3. The van der Waals surface area contributed by atoms with Crippen LogP contribution in [-0.2, 0) is 4.79 Å². The number of benzene rings is 2. The molecular weight excluding hydrogens is 344 g/mol. The fraction of sp³-hybridized carbons (Fsp3) is 0.250. The van der Waals surface area contributed by atoms with E-state index in [0.29, 0.717) is 31.1 Å². The summed E-state index contributed by atoms with van der Waals surface area (Å²) in [5, 5.41) is 16.5. The lowest BCUT2D eigenvalue weighted by atomic mass is 10.2. The molecule has 140 valence electrons. The highest BCUT2D eigenvalue weighted by atomic mass is 16.5. The van der Waals surface area contributed by atoms with E-state index in [0.717, 1.165) is 22.2 Å². The van der Waals surface area contributed by atoms with E-state index in [9.17, 15) is 9.90 Å². The van der Waals surface area contributed by atoms with Crippen LogP contribution in [-0.4, -0.2) is 34.1 Å². The molecule has 1 heterocycles. The van der Waals surface area contributed by atoms with Crippen LogP contribution in [0.2, 0.25) is 0 Å². The number of anilines is 2. The highest BCUT2D eigenvalue weighted by Gasteiger charge is 2.11. The fourth-order valence-corrected chi connectivity index (χ4v) is 2.64. The molecule has 2 aromatic carbocycles. The Morgan fingerprint density at radius 3 is 2.85 bits per heavy atom. The summed E-state index contributed by atoms with van der Waals surface area (Å²) in [6.07, 6.45) is 1.94. The highest BCUT2D eigenvalue weighted by molar-refractivity contribution is 5.95. The molecular formula is C20H22N4O3. The summed E-state index contributed by atoms with van der Waals surface area (Å²) in [4.78, 5) is 20.0. The Morgan fingerprint density at radius 1 is 1.22 bits per heavy atom. The Morgan fingerprint density at radius 2 is 2.07 bits per heavy atom. The second-order valence-electron chi connectivity index (χ2n) is 6.05. The van der Waals surface area contributed by atoms with E-state index in [-0.39, 0.29) is 11.7 Å². The summed E-state index contributed by atoms with van der Waals surface area (Å²) in [6.45, 7) is 4.41. The largest absolute Gasteiger partial charge is 0.508 e. The van der Waals surface area contributed by atoms with Gasteiger partial charge >= 0.3 is 0 Å². The second-order valence-corrected chi connectivity index (χ2v) is 6.05. The first-order valence-corrected chi connectivity index (χ1v) is 8.78. The molecule has 1 aromatic heterocycles. The molecule has 27 heavy (non-hydrogen) atoms. The predicted octanol–water partition coefficient (Wildman–Crippen LogP) is 3.29. The number of amides is 1. The monoisotopic (exact) mass is 366 g/mol. The second kappa shape index (κ2) is 8.35. The Balaban J connectivity index is 1.84. The van der Waals surface area contributed by atoms with Crippen LogP contribution in [0, 0.1) is 6.92 Å². The van der Waals surface area contributed by atoms with Crippen molar-refractivity contribution in [3.63, 3.8) is 0 Å². The maximum atomic E-state index is 11.3. The van der Waals surface area contributed by atoms with Crippen molar-refractivity contribution in [3.8, 4) is 11.5 Å². The average Bonchev–Trinajstić information content (AvgIpc) is 2.68. The summed E-state index contributed by atoms with van der Waals surface area (Å²) in [5.41, 5.74) is 2.31. The van der Waals surface area contributed by atoms with Crippen LogP contribution in [0.5, 0.6) is 11.5 Å². The molecule has 0 aliphatic rings. The quantitative estimate of drug-likeness (QED) is 0.439. The van der Waals surface area contributed by atoms with E-state index < -0.39 is 0 Å². The van der Waals surface area contributed by atoms with Gasteiger partial charge in [0.05, 0.1) is 17.4 Å². The van der Waals surface area contributed by atoms with Gasteiger partial charge in [-0.2, -0.15) is 0 Å². The summed E-state index contributed by atoms with van der Waals surface area (Å²) >= 11 is 0. The van der Waals surface area contributed by atoms with Crippen molar-refractivity contribution >= 4 is 28.3 Å². The number of aromatic hydroxyl groups is 1. The topological polar surface area (TPSA) is 96.4 Å². The number of rotatable bonds is 7. The molecule has 3 aromatic rings. The van der Waals surface area contributed by atoms with Crippen molar-refractivity contribution in [3.05, 3.63) is 48.3 Å². The van der Waals surface area contributed by atoms with E-state index in [4.69, 9.17) is 4.74 Å². The standard InChI is InChI=1S/C20H22N4O3/c1-3-18(26)21-9-10-27-17-6-4-5-15-19(17)20(23-12-22-15)24-14-7-8-16(25)13(2)11-14/h4-8,11-12,25H,3,9-10H2,1-2H3,(H,21,26)(H,22,23,24). The van der Waals surface area contributed by atoms with E-state index in [2.05, 4.69) is 20.6 Å². The summed E-state index contributed by atoms with van der Waals surface area (Å²) < 4.78 is 5.86. The van der Waals surface area contributed by atoms with Crippen LogP contribution in [0.3, 0.4) is 0 Å². The summed E-state index contributed by atoms with van der Waals surface area (Å²) in [5.74, 6) is 1.48. The van der Waals surface area contributed by atoms with Gasteiger partial charge in [-0.25, -0.2) is 9.97 Å². The lowest BCUT2D eigenvalue weighted by molar-refractivity contribution is -0.120. The molecule has 0 aliphatic carbocycles. The third-order valence-corrected chi connectivity index (χ3v) is 4.09. The zero-order chi connectivity index (χ0) is 19.2. The SMILES string of the molecule is CCC(=O)NCCOc1cccc2ncnc(Nc3ccc(O)c(C)c3)c12. The molecule has 1 amide bonds. The molecule has 0 radical (unpaired) electrons. The van der Waals surface area contributed by atoms with Gasteiger partial charge in [0, 0.05) is 12.1 Å². The van der Waals surface area contributed by atoms with Gasteiger partial charge in [-0.1, -0.05) is 13.0 Å². The van der Waals surface area contributed by atoms with Crippen molar-refractivity contribution in [2.75, 3.05) is 18.5 Å². The number of carbonyl (C=O) groups excluding carboxylic acids is 1. The van der Waals surface area contributed by atoms with Crippen LogP contribution in [0.15, 0.2) is 42.7 Å². The Labute approximate surface area is 157 Å². The molecule has 0 bridgehead atoms. The Hall–Kier alpha value is -3.35. The number of aromatic nitrogens is 2. The van der Waals surface area contributed by atoms with Crippen LogP contribution < -0.4 is 15.4 Å². The van der Waals surface area contributed by atoms with Crippen LogP contribution in [0.1, 0.15) is 18.9 Å². The van der Waals surface area contributed by atoms with Gasteiger partial charge in [-0.15, -0.1) is 0 Å². The molecule has 0 unspecified atom stereocenters. The number of phenolic OH excluding ortho intramolecular Hbond substituents is 1. The minimum Gasteiger partial charge on any atom is -0.508 e. The van der Waals surface area contributed by atoms with Crippen molar-refractivity contribution in [1.82, 2.24) is 15.3 Å². The fourth-order valence-electron chi connectivity index (χ4n) is 2.64. The molecule has 3 N–H and O–H groups in total. The number of carbonyl (C=O) groups is 1. The molecule has 0 atom stereocenters. The number of aryl methyl sites for hydroxylation is 1. The molecule has 0 saturated heterocycles. The normalized spacial score (nSPS) is 10.6. The summed E-state index contributed by atoms with van der Waals surface area (Å²) in [7, 11) is 0. The van der Waals surface area contributed by atoms with Crippen LogP contribution >= 0.6 is 0 Å². The molecule has 0 fully saturated rings. The Kier molecular flexibility index (Phi) is 5.71. The maximum absolute atomic E-state index is 11.3. The third-order valence-electron chi connectivity index (χ3n) is 4.09. The smallest absolute Gasteiger partial charge is 0.219 e. The lowest BCUT2D eigenvalue weighted by Gasteiger charge is -2.13. The van der Waals surface area contributed by atoms with Crippen molar-refractivity contribution in [1.29, 1.82) is 0 Å². The summed E-state index contributed by atoms with van der Waals surface area (Å²) in [6, 6.07) is 10.8. The van der Waals surface area contributed by atoms with Gasteiger partial charge in [0.15, 0.2) is 0 Å². The third kappa shape index (κ3) is 4.44. The predicted molar refractivity (Wildman–Crippen MR) is 104 cm³/mol. The van der Waals surface area contributed by atoms with Gasteiger partial charge in [0.1, 0.15) is 30.3 Å². The number of nitrogens with zero attached hydrogens (tertiary/aromatic N) is 2.